The van der Waals surface area contributed by atoms with Gasteiger partial charge in [0.25, 0.3) is 5.91 Å². The minimum atomic E-state index is -1.20. The summed E-state index contributed by atoms with van der Waals surface area (Å²) in [5.74, 6) is 0.155. The van der Waals surface area contributed by atoms with Crippen molar-refractivity contribution in [1.82, 2.24) is 5.32 Å². The fraction of sp³-hybridized carbons (Fsp3) is 0.278. The Morgan fingerprint density at radius 1 is 1.22 bits per heavy atom. The molecule has 1 amide bonds. The van der Waals surface area contributed by atoms with Crippen LogP contribution >= 0.6 is 0 Å². The van der Waals surface area contributed by atoms with Crippen molar-refractivity contribution < 1.29 is 14.1 Å². The van der Waals surface area contributed by atoms with E-state index in [1.807, 2.05) is 31.2 Å². The zero-order chi connectivity index (χ0) is 16.4. The lowest BCUT2D eigenvalue weighted by atomic mass is 10.1. The Hall–Kier alpha value is -1.98. The summed E-state index contributed by atoms with van der Waals surface area (Å²) >= 11 is 0. The highest BCUT2D eigenvalue weighted by Gasteiger charge is 2.32. The average molecular weight is 329 g/mol. The van der Waals surface area contributed by atoms with E-state index in [0.717, 1.165) is 11.1 Å². The van der Waals surface area contributed by atoms with Crippen molar-refractivity contribution in [1.29, 1.82) is 0 Å². The van der Waals surface area contributed by atoms with Gasteiger partial charge in [0.2, 0.25) is 0 Å². The number of hydrogen-bond acceptors (Lipinski definition) is 3. The Balaban J connectivity index is 1.87. The zero-order valence-corrected chi connectivity index (χ0v) is 13.7. The fourth-order valence-electron chi connectivity index (χ4n) is 2.98. The first-order valence-corrected chi connectivity index (χ1v) is 8.98. The van der Waals surface area contributed by atoms with Crippen LogP contribution in [-0.2, 0) is 17.2 Å². The maximum atomic E-state index is 12.6. The Labute approximate surface area is 138 Å². The van der Waals surface area contributed by atoms with Gasteiger partial charge in [-0.1, -0.05) is 43.3 Å². The van der Waals surface area contributed by atoms with E-state index in [1.54, 1.807) is 24.3 Å². The molecule has 0 bridgehead atoms. The van der Waals surface area contributed by atoms with Crippen LogP contribution in [0.15, 0.2) is 53.4 Å². The summed E-state index contributed by atoms with van der Waals surface area (Å²) in [6.45, 7) is 1.82. The van der Waals surface area contributed by atoms with E-state index in [9.17, 15) is 14.1 Å². The van der Waals surface area contributed by atoms with Gasteiger partial charge in [-0.2, -0.15) is 0 Å². The van der Waals surface area contributed by atoms with E-state index in [0.29, 0.717) is 22.6 Å². The highest BCUT2D eigenvalue weighted by molar-refractivity contribution is 7.85. The van der Waals surface area contributed by atoms with Gasteiger partial charge in [0, 0.05) is 12.2 Å². The fourth-order valence-corrected chi connectivity index (χ4v) is 3.92. The largest absolute Gasteiger partial charge is 0.390 e. The zero-order valence-electron chi connectivity index (χ0n) is 12.9. The van der Waals surface area contributed by atoms with Gasteiger partial charge in [-0.15, -0.1) is 0 Å². The highest BCUT2D eigenvalue weighted by Crippen LogP contribution is 2.31. The molecule has 0 saturated heterocycles. The lowest BCUT2D eigenvalue weighted by Crippen LogP contribution is -2.34. The number of aliphatic hydroxyl groups excluding tert-OH is 1. The molecule has 0 heterocycles. The van der Waals surface area contributed by atoms with Crippen LogP contribution < -0.4 is 5.32 Å². The second-order valence-electron chi connectivity index (χ2n) is 5.55. The molecule has 3 rings (SSSR count). The van der Waals surface area contributed by atoms with Gasteiger partial charge >= 0.3 is 0 Å². The molecular formula is C18H19NO3S. The molecule has 1 aliphatic rings. The number of carbonyl (C=O) groups excluding carboxylic acids is 1. The number of benzene rings is 2. The van der Waals surface area contributed by atoms with Crippen molar-refractivity contribution in [2.45, 2.75) is 30.4 Å². The van der Waals surface area contributed by atoms with E-state index in [2.05, 4.69) is 5.32 Å². The molecular weight excluding hydrogens is 310 g/mol. The molecule has 1 aliphatic carbocycles. The van der Waals surface area contributed by atoms with E-state index in [4.69, 9.17) is 0 Å². The minimum Gasteiger partial charge on any atom is -0.390 e. The number of nitrogens with one attached hydrogen (secondary N) is 1. The van der Waals surface area contributed by atoms with Gasteiger partial charge in [-0.3, -0.25) is 9.00 Å². The standard InChI is InChI=1S/C18H19NO3S/c1-2-23(22)16-10-6-5-9-14(16)18(21)19-17-13-8-4-3-7-12(13)11-15(17)20/h3-10,15,17,20H,2,11H2,1H3,(H,19,21)/t15-,17+,23?/m0/s1. The normalized spacial score (nSPS) is 20.8. The molecule has 4 nitrogen and oxygen atoms in total. The summed E-state index contributed by atoms with van der Waals surface area (Å²) in [6, 6.07) is 14.2. The number of carbonyl (C=O) groups is 1. The molecule has 120 valence electrons. The molecule has 0 fully saturated rings. The van der Waals surface area contributed by atoms with Crippen molar-refractivity contribution in [2.24, 2.45) is 0 Å². The molecule has 2 N–H and O–H groups in total. The van der Waals surface area contributed by atoms with Crippen LogP contribution in [0.4, 0.5) is 0 Å². The molecule has 23 heavy (non-hydrogen) atoms. The summed E-state index contributed by atoms with van der Waals surface area (Å²) in [7, 11) is -1.20. The van der Waals surface area contributed by atoms with Crippen molar-refractivity contribution in [3.63, 3.8) is 0 Å². The van der Waals surface area contributed by atoms with Crippen LogP contribution in [0.1, 0.15) is 34.5 Å². The first-order chi connectivity index (χ1) is 11.1. The first-order valence-electron chi connectivity index (χ1n) is 7.66. The second kappa shape index (κ2) is 6.64. The van der Waals surface area contributed by atoms with Crippen LogP contribution in [0, 0.1) is 0 Å². The summed E-state index contributed by atoms with van der Waals surface area (Å²) in [4.78, 5) is 13.2. The smallest absolute Gasteiger partial charge is 0.253 e. The molecule has 1 unspecified atom stereocenters. The lowest BCUT2D eigenvalue weighted by molar-refractivity contribution is 0.0855. The van der Waals surface area contributed by atoms with Crippen LogP contribution in [0.2, 0.25) is 0 Å². The van der Waals surface area contributed by atoms with Crippen molar-refractivity contribution in [2.75, 3.05) is 5.75 Å². The van der Waals surface area contributed by atoms with Gasteiger partial charge in [0.15, 0.2) is 0 Å². The molecule has 5 heteroatoms. The SMILES string of the molecule is CCS(=O)c1ccccc1C(=O)N[C@@H]1c2ccccc2C[C@@H]1O. The lowest BCUT2D eigenvalue weighted by Gasteiger charge is -2.19. The molecule has 0 saturated carbocycles. The Morgan fingerprint density at radius 2 is 1.91 bits per heavy atom. The quantitative estimate of drug-likeness (QED) is 0.904. The predicted molar refractivity (Wildman–Crippen MR) is 89.8 cm³/mol. The van der Waals surface area contributed by atoms with E-state index < -0.39 is 22.9 Å². The molecule has 0 aromatic heterocycles. The Kier molecular flexibility index (Phi) is 4.59. The summed E-state index contributed by atoms with van der Waals surface area (Å²) in [5, 5.41) is 13.2. The van der Waals surface area contributed by atoms with Gasteiger partial charge < -0.3 is 10.4 Å². The predicted octanol–water partition coefficient (Wildman–Crippen LogP) is 2.20. The highest BCUT2D eigenvalue weighted by atomic mass is 32.2. The molecule has 0 radical (unpaired) electrons. The monoisotopic (exact) mass is 329 g/mol. The summed E-state index contributed by atoms with van der Waals surface area (Å²) < 4.78 is 12.1. The van der Waals surface area contributed by atoms with Crippen LogP contribution in [0.25, 0.3) is 0 Å². The summed E-state index contributed by atoms with van der Waals surface area (Å²) in [5.41, 5.74) is 2.41. The molecule has 2 aromatic rings. The Morgan fingerprint density at radius 3 is 2.70 bits per heavy atom. The summed E-state index contributed by atoms with van der Waals surface area (Å²) in [6.07, 6.45) is -0.107. The molecule has 0 aliphatic heterocycles. The third kappa shape index (κ3) is 3.07. The van der Waals surface area contributed by atoms with E-state index in [-0.39, 0.29) is 5.91 Å². The van der Waals surface area contributed by atoms with Gasteiger partial charge in [-0.25, -0.2) is 0 Å². The number of hydrogen-bond donors (Lipinski definition) is 2. The number of amides is 1. The Bertz CT molecular complexity index is 759. The van der Waals surface area contributed by atoms with Crippen LogP contribution in [0.5, 0.6) is 0 Å². The van der Waals surface area contributed by atoms with Gasteiger partial charge in [0.1, 0.15) is 0 Å². The van der Waals surface area contributed by atoms with E-state index in [1.165, 1.54) is 0 Å². The topological polar surface area (TPSA) is 66.4 Å². The number of aliphatic hydroxyl groups is 1. The van der Waals surface area contributed by atoms with Gasteiger partial charge in [-0.05, 0) is 23.3 Å². The maximum absolute atomic E-state index is 12.6. The third-order valence-electron chi connectivity index (χ3n) is 4.13. The van der Waals surface area contributed by atoms with E-state index >= 15 is 0 Å². The maximum Gasteiger partial charge on any atom is 0.253 e. The van der Waals surface area contributed by atoms with Crippen LogP contribution in [-0.4, -0.2) is 27.1 Å². The van der Waals surface area contributed by atoms with Crippen molar-refractivity contribution >= 4 is 16.7 Å². The minimum absolute atomic E-state index is 0.303. The molecule has 3 atom stereocenters. The number of fused-ring (bicyclic) bond motifs is 1. The molecule has 2 aromatic carbocycles. The molecule has 0 spiro atoms. The first kappa shape index (κ1) is 15.9. The second-order valence-corrected chi connectivity index (χ2v) is 7.26. The van der Waals surface area contributed by atoms with Gasteiger partial charge in [0.05, 0.1) is 33.4 Å². The number of rotatable bonds is 4. The van der Waals surface area contributed by atoms with Crippen molar-refractivity contribution in [3.05, 3.63) is 65.2 Å². The third-order valence-corrected chi connectivity index (χ3v) is 5.50. The average Bonchev–Trinajstić information content (AvgIpc) is 2.90. The van der Waals surface area contributed by atoms with Crippen molar-refractivity contribution in [3.8, 4) is 0 Å². The van der Waals surface area contributed by atoms with Crippen LogP contribution in [0.3, 0.4) is 0 Å².